The van der Waals surface area contributed by atoms with Crippen LogP contribution in [0.2, 0.25) is 0 Å². The molecule has 0 unspecified atom stereocenters. The molecule has 0 aromatic heterocycles. The Hall–Kier alpha value is -3.07. The smallest absolute Gasteiger partial charge is 0.358 e. The van der Waals surface area contributed by atoms with Crippen molar-refractivity contribution in [2.45, 2.75) is 0 Å². The van der Waals surface area contributed by atoms with Crippen molar-refractivity contribution in [3.05, 3.63) is 109 Å². The molecule has 0 radical (unpaired) electrons. The second kappa shape index (κ2) is 8.30. The van der Waals surface area contributed by atoms with Crippen molar-refractivity contribution in [3.8, 4) is 11.1 Å². The van der Waals surface area contributed by atoms with Crippen molar-refractivity contribution in [3.63, 3.8) is 0 Å². The van der Waals surface area contributed by atoms with Crippen LogP contribution in [0.3, 0.4) is 0 Å². The summed E-state index contributed by atoms with van der Waals surface area (Å²) >= 11 is 0. The summed E-state index contributed by atoms with van der Waals surface area (Å²) in [7, 11) is 0. The van der Waals surface area contributed by atoms with Crippen molar-refractivity contribution in [1.82, 2.24) is 0 Å². The van der Waals surface area contributed by atoms with Gasteiger partial charge in [0.2, 0.25) is 0 Å². The number of hydrogen-bond donors (Lipinski definition) is 2. The molecule has 4 rings (SSSR count). The summed E-state index contributed by atoms with van der Waals surface area (Å²) in [5.41, 5.74) is 5.65. The zero-order chi connectivity index (χ0) is 19.3. The molecule has 0 aliphatic carbocycles. The van der Waals surface area contributed by atoms with Crippen LogP contribution in [0.5, 0.6) is 0 Å². The molecular weight excluding hydrogens is 342 g/mol. The highest BCUT2D eigenvalue weighted by molar-refractivity contribution is 6.79. The summed E-state index contributed by atoms with van der Waals surface area (Å²) in [6.45, 7) is -1.25. The maximum atomic E-state index is 10.5. The van der Waals surface area contributed by atoms with Gasteiger partial charge in [0.25, 0.3) is 0 Å². The predicted octanol–water partition coefficient (Wildman–Crippen LogP) is 1.55. The maximum Gasteiger partial charge on any atom is 0.358 e. The summed E-state index contributed by atoms with van der Waals surface area (Å²) in [5, 5.41) is 21.1. The Morgan fingerprint density at radius 3 is 0.964 bits per heavy atom. The Bertz CT molecular complexity index is 931. The van der Waals surface area contributed by atoms with E-state index in [1.165, 1.54) is 0 Å². The molecule has 0 atom stereocenters. The minimum absolute atomic E-state index is 0.626. The van der Waals surface area contributed by atoms with Gasteiger partial charge < -0.3 is 10.0 Å². The highest BCUT2D eigenvalue weighted by atomic mass is 16.2. The molecule has 2 N–H and O–H groups in total. The zero-order valence-electron chi connectivity index (χ0n) is 15.4. The Kier molecular flexibility index (Phi) is 5.43. The molecule has 0 heterocycles. The van der Waals surface area contributed by atoms with E-state index in [2.05, 4.69) is 0 Å². The van der Waals surface area contributed by atoms with Gasteiger partial charge in [0, 0.05) is 0 Å². The monoisotopic (exact) mass is 362 g/mol. The lowest BCUT2D eigenvalue weighted by Gasteiger charge is -2.10. The van der Waals surface area contributed by atoms with E-state index < -0.39 is 13.8 Å². The molecule has 0 fully saturated rings. The Morgan fingerprint density at radius 1 is 0.357 bits per heavy atom. The Balaban J connectivity index is 1.52. The lowest BCUT2D eigenvalue weighted by molar-refractivity contribution is 0.599. The summed E-state index contributed by atoms with van der Waals surface area (Å²) < 4.78 is 0. The fraction of sp³-hybridized carbons (Fsp3) is 0. The van der Waals surface area contributed by atoms with E-state index >= 15 is 0 Å². The fourth-order valence-electron chi connectivity index (χ4n) is 3.37. The molecular formula is C24H20B2O2. The van der Waals surface area contributed by atoms with E-state index in [4.69, 9.17) is 0 Å². The van der Waals surface area contributed by atoms with Crippen molar-refractivity contribution < 1.29 is 10.0 Å². The van der Waals surface area contributed by atoms with Gasteiger partial charge in [-0.1, -0.05) is 109 Å². The van der Waals surface area contributed by atoms with Gasteiger partial charge >= 0.3 is 13.8 Å². The third kappa shape index (κ3) is 3.94. The van der Waals surface area contributed by atoms with Crippen LogP contribution in [-0.2, 0) is 0 Å². The van der Waals surface area contributed by atoms with Crippen LogP contribution >= 0.6 is 0 Å². The first-order valence-electron chi connectivity index (χ1n) is 9.39. The molecule has 28 heavy (non-hydrogen) atoms. The lowest BCUT2D eigenvalue weighted by atomic mass is 9.55. The summed E-state index contributed by atoms with van der Waals surface area (Å²) in [6.07, 6.45) is 0. The minimum atomic E-state index is -0.626. The third-order valence-corrected chi connectivity index (χ3v) is 5.02. The quantitative estimate of drug-likeness (QED) is 0.529. The zero-order valence-corrected chi connectivity index (χ0v) is 15.4. The van der Waals surface area contributed by atoms with E-state index in [1.807, 2.05) is 109 Å². The molecule has 134 valence electrons. The molecule has 0 saturated carbocycles. The average Bonchev–Trinajstić information content (AvgIpc) is 2.79. The second-order valence-electron chi connectivity index (χ2n) is 6.87. The SMILES string of the molecule is OB(c1ccccc1)c1ccc(-c2ccc(B(O)c3ccccc3)cc2)cc1. The molecule has 0 amide bonds. The van der Waals surface area contributed by atoms with Gasteiger partial charge in [-0.25, -0.2) is 0 Å². The number of benzene rings is 4. The minimum Gasteiger partial charge on any atom is -0.443 e. The van der Waals surface area contributed by atoms with Gasteiger partial charge in [-0.15, -0.1) is 0 Å². The van der Waals surface area contributed by atoms with Crippen LogP contribution in [0.15, 0.2) is 109 Å². The van der Waals surface area contributed by atoms with Gasteiger partial charge in [0.1, 0.15) is 0 Å². The maximum absolute atomic E-state index is 10.5. The van der Waals surface area contributed by atoms with Crippen molar-refractivity contribution in [2.24, 2.45) is 0 Å². The van der Waals surface area contributed by atoms with E-state index in [0.717, 1.165) is 33.0 Å². The number of rotatable bonds is 5. The van der Waals surface area contributed by atoms with Gasteiger partial charge in [-0.3, -0.25) is 0 Å². The highest BCUT2D eigenvalue weighted by Gasteiger charge is 2.17. The molecule has 4 aromatic rings. The van der Waals surface area contributed by atoms with E-state index in [9.17, 15) is 10.0 Å². The molecule has 2 nitrogen and oxygen atoms in total. The van der Waals surface area contributed by atoms with E-state index in [0.29, 0.717) is 0 Å². The van der Waals surface area contributed by atoms with E-state index in [1.54, 1.807) is 0 Å². The number of hydrogen-bond acceptors (Lipinski definition) is 2. The fourth-order valence-corrected chi connectivity index (χ4v) is 3.37. The van der Waals surface area contributed by atoms with Gasteiger partial charge in [-0.05, 0) is 33.0 Å². The Morgan fingerprint density at radius 2 is 0.643 bits per heavy atom. The largest absolute Gasteiger partial charge is 0.443 e. The van der Waals surface area contributed by atoms with Crippen molar-refractivity contribution >= 4 is 35.7 Å². The molecule has 0 saturated heterocycles. The first kappa shape index (κ1) is 18.3. The lowest BCUT2D eigenvalue weighted by Crippen LogP contribution is -2.42. The third-order valence-electron chi connectivity index (χ3n) is 5.02. The first-order valence-corrected chi connectivity index (χ1v) is 9.39. The molecule has 0 bridgehead atoms. The highest BCUT2D eigenvalue weighted by Crippen LogP contribution is 2.17. The molecule has 0 spiro atoms. The summed E-state index contributed by atoms with van der Waals surface area (Å²) in [4.78, 5) is 0. The van der Waals surface area contributed by atoms with Crippen LogP contribution in [-0.4, -0.2) is 23.9 Å². The normalized spacial score (nSPS) is 10.5. The summed E-state index contributed by atoms with van der Waals surface area (Å²) in [5.74, 6) is 0. The topological polar surface area (TPSA) is 40.5 Å². The predicted molar refractivity (Wildman–Crippen MR) is 119 cm³/mol. The molecule has 0 aliphatic rings. The Labute approximate surface area is 166 Å². The second-order valence-corrected chi connectivity index (χ2v) is 6.87. The van der Waals surface area contributed by atoms with Gasteiger partial charge in [-0.2, -0.15) is 0 Å². The van der Waals surface area contributed by atoms with Crippen LogP contribution in [0.25, 0.3) is 11.1 Å². The molecule has 4 heteroatoms. The average molecular weight is 362 g/mol. The van der Waals surface area contributed by atoms with Crippen molar-refractivity contribution in [1.29, 1.82) is 0 Å². The standard InChI is InChI=1S/C24H20B2O2/c27-25(21-7-3-1-4-8-21)23-15-11-19(12-16-23)20-13-17-24(18-14-20)26(28)22-9-5-2-6-10-22/h1-18,27-28H. The van der Waals surface area contributed by atoms with Crippen molar-refractivity contribution in [2.75, 3.05) is 0 Å². The summed E-state index contributed by atoms with van der Waals surface area (Å²) in [6, 6.07) is 35.2. The van der Waals surface area contributed by atoms with Crippen LogP contribution in [0, 0.1) is 0 Å². The van der Waals surface area contributed by atoms with Gasteiger partial charge in [0.05, 0.1) is 0 Å². The molecule has 0 aliphatic heterocycles. The molecule has 4 aromatic carbocycles. The van der Waals surface area contributed by atoms with Crippen LogP contribution in [0.4, 0.5) is 0 Å². The van der Waals surface area contributed by atoms with Gasteiger partial charge in [0.15, 0.2) is 0 Å². The first-order chi connectivity index (χ1) is 13.7. The van der Waals surface area contributed by atoms with Crippen LogP contribution in [0.1, 0.15) is 0 Å². The van der Waals surface area contributed by atoms with E-state index in [-0.39, 0.29) is 0 Å². The van der Waals surface area contributed by atoms with Crippen LogP contribution < -0.4 is 21.9 Å².